The number of ether oxygens (including phenoxy) is 1. The van der Waals surface area contributed by atoms with Gasteiger partial charge in [-0.25, -0.2) is 0 Å². The third kappa shape index (κ3) is 2.54. The van der Waals surface area contributed by atoms with Crippen LogP contribution in [0.3, 0.4) is 0 Å². The quantitative estimate of drug-likeness (QED) is 0.935. The van der Waals surface area contributed by atoms with Crippen molar-refractivity contribution in [2.45, 2.75) is 39.3 Å². The summed E-state index contributed by atoms with van der Waals surface area (Å²) in [6, 6.07) is 1.73. The molecule has 1 fully saturated rings. The average Bonchev–Trinajstić information content (AvgIpc) is 3.12. The van der Waals surface area contributed by atoms with Crippen LogP contribution in [0.25, 0.3) is 11.0 Å². The molecule has 0 spiro atoms. The van der Waals surface area contributed by atoms with Gasteiger partial charge in [-0.1, -0.05) is 0 Å². The Kier molecular flexibility index (Phi) is 4.02. The van der Waals surface area contributed by atoms with Crippen LogP contribution in [0.15, 0.2) is 21.5 Å². The van der Waals surface area contributed by atoms with Crippen molar-refractivity contribution < 1.29 is 13.9 Å². The summed E-state index contributed by atoms with van der Waals surface area (Å²) in [4.78, 5) is 24.9. The number of furan rings is 1. The summed E-state index contributed by atoms with van der Waals surface area (Å²) < 4.78 is 12.6. The predicted molar refractivity (Wildman–Crippen MR) is 82.2 cm³/mol. The van der Waals surface area contributed by atoms with E-state index in [2.05, 4.69) is 5.32 Å². The van der Waals surface area contributed by atoms with Crippen molar-refractivity contribution in [3.8, 4) is 0 Å². The number of amides is 1. The average molecular weight is 304 g/mol. The minimum absolute atomic E-state index is 0.0646. The maximum Gasteiger partial charge on any atom is 0.262 e. The van der Waals surface area contributed by atoms with Crippen LogP contribution in [-0.2, 0) is 11.3 Å². The first-order valence-corrected chi connectivity index (χ1v) is 7.64. The molecule has 22 heavy (non-hydrogen) atoms. The molecule has 1 aliphatic rings. The minimum Gasteiger partial charge on any atom is -0.460 e. The van der Waals surface area contributed by atoms with E-state index >= 15 is 0 Å². The van der Waals surface area contributed by atoms with Gasteiger partial charge in [0.15, 0.2) is 0 Å². The highest BCUT2D eigenvalue weighted by Crippen LogP contribution is 2.22. The van der Waals surface area contributed by atoms with Gasteiger partial charge in [0, 0.05) is 25.9 Å². The van der Waals surface area contributed by atoms with Gasteiger partial charge < -0.3 is 19.0 Å². The van der Waals surface area contributed by atoms with Crippen LogP contribution in [0, 0.1) is 6.92 Å². The molecule has 0 radical (unpaired) electrons. The summed E-state index contributed by atoms with van der Waals surface area (Å²) in [5.41, 5.74) is 0.592. The van der Waals surface area contributed by atoms with E-state index in [9.17, 15) is 9.59 Å². The molecule has 1 aliphatic heterocycles. The van der Waals surface area contributed by atoms with Crippen LogP contribution in [0.1, 0.15) is 35.9 Å². The molecule has 1 N–H and O–H groups in total. The first kappa shape index (κ1) is 14.8. The van der Waals surface area contributed by atoms with E-state index in [-0.39, 0.29) is 17.6 Å². The van der Waals surface area contributed by atoms with E-state index in [0.717, 1.165) is 19.4 Å². The molecule has 1 saturated heterocycles. The zero-order valence-corrected chi connectivity index (χ0v) is 12.8. The second-order valence-corrected chi connectivity index (χ2v) is 5.52. The standard InChI is InChI=1S/C16H20N2O4/c1-3-18-7-6-12-14(16(18)20)13(10(2)22-12)15(19)17-9-11-5-4-8-21-11/h6-7,11H,3-5,8-9H2,1-2H3,(H,17,19). The van der Waals surface area contributed by atoms with E-state index in [1.165, 1.54) is 0 Å². The number of carbonyl (C=O) groups excluding carboxylic acids is 1. The predicted octanol–water partition coefficient (Wildman–Crippen LogP) is 1.83. The second kappa shape index (κ2) is 5.96. The number of pyridine rings is 1. The molecule has 1 atom stereocenters. The fourth-order valence-corrected chi connectivity index (χ4v) is 2.89. The van der Waals surface area contributed by atoms with Gasteiger partial charge in [0.05, 0.1) is 17.1 Å². The second-order valence-electron chi connectivity index (χ2n) is 5.52. The fourth-order valence-electron chi connectivity index (χ4n) is 2.89. The third-order valence-corrected chi connectivity index (χ3v) is 4.07. The SMILES string of the molecule is CCn1ccc2oc(C)c(C(=O)NCC3CCCO3)c2c1=O. The van der Waals surface area contributed by atoms with Crippen LogP contribution in [0.4, 0.5) is 0 Å². The number of hydrogen-bond acceptors (Lipinski definition) is 4. The summed E-state index contributed by atoms with van der Waals surface area (Å²) in [5.74, 6) is 0.184. The van der Waals surface area contributed by atoms with Crippen LogP contribution in [0.5, 0.6) is 0 Å². The Morgan fingerprint density at radius 1 is 1.50 bits per heavy atom. The lowest BCUT2D eigenvalue weighted by atomic mass is 10.1. The molecule has 0 aromatic carbocycles. The number of nitrogens with zero attached hydrogens (tertiary/aromatic N) is 1. The Hall–Kier alpha value is -2.08. The molecule has 1 unspecified atom stereocenters. The van der Waals surface area contributed by atoms with Gasteiger partial charge in [-0.3, -0.25) is 9.59 Å². The summed E-state index contributed by atoms with van der Waals surface area (Å²) in [7, 11) is 0. The molecular formula is C16H20N2O4. The largest absolute Gasteiger partial charge is 0.460 e. The number of rotatable bonds is 4. The van der Waals surface area contributed by atoms with E-state index in [4.69, 9.17) is 9.15 Å². The van der Waals surface area contributed by atoms with Gasteiger partial charge >= 0.3 is 0 Å². The summed E-state index contributed by atoms with van der Waals surface area (Å²) >= 11 is 0. The first-order valence-electron chi connectivity index (χ1n) is 7.64. The van der Waals surface area contributed by atoms with Gasteiger partial charge in [-0.05, 0) is 32.8 Å². The Balaban J connectivity index is 1.93. The zero-order chi connectivity index (χ0) is 15.7. The maximum atomic E-state index is 12.5. The van der Waals surface area contributed by atoms with Gasteiger partial charge in [0.2, 0.25) is 0 Å². The number of carbonyl (C=O) groups is 1. The summed E-state index contributed by atoms with van der Waals surface area (Å²) in [6.07, 6.45) is 3.72. The van der Waals surface area contributed by atoms with Crippen LogP contribution < -0.4 is 10.9 Å². The molecule has 0 aliphatic carbocycles. The number of nitrogens with one attached hydrogen (secondary N) is 1. The Labute approximate surface area is 128 Å². The molecular weight excluding hydrogens is 284 g/mol. The molecule has 1 amide bonds. The normalized spacial score (nSPS) is 18.0. The maximum absolute atomic E-state index is 12.5. The molecule has 2 aromatic heterocycles. The number of hydrogen-bond donors (Lipinski definition) is 1. The molecule has 2 aromatic rings. The number of aromatic nitrogens is 1. The highest BCUT2D eigenvalue weighted by Gasteiger charge is 2.23. The van der Waals surface area contributed by atoms with Crippen LogP contribution in [0.2, 0.25) is 0 Å². The van der Waals surface area contributed by atoms with Crippen molar-refractivity contribution in [1.82, 2.24) is 9.88 Å². The van der Waals surface area contributed by atoms with E-state index in [1.54, 1.807) is 23.8 Å². The number of aryl methyl sites for hydroxylation is 2. The van der Waals surface area contributed by atoms with Crippen molar-refractivity contribution in [3.63, 3.8) is 0 Å². The molecule has 118 valence electrons. The van der Waals surface area contributed by atoms with Gasteiger partial charge in [0.25, 0.3) is 11.5 Å². The van der Waals surface area contributed by atoms with Crippen molar-refractivity contribution in [1.29, 1.82) is 0 Å². The number of fused-ring (bicyclic) bond motifs is 1. The highest BCUT2D eigenvalue weighted by atomic mass is 16.5. The Bertz CT molecular complexity index is 753. The van der Waals surface area contributed by atoms with E-state index in [1.807, 2.05) is 6.92 Å². The Morgan fingerprint density at radius 2 is 2.32 bits per heavy atom. The van der Waals surface area contributed by atoms with Gasteiger partial charge in [0.1, 0.15) is 11.3 Å². The molecule has 6 nitrogen and oxygen atoms in total. The summed E-state index contributed by atoms with van der Waals surface area (Å²) in [6.45, 7) is 5.35. The van der Waals surface area contributed by atoms with Crippen LogP contribution in [-0.4, -0.2) is 29.7 Å². The summed E-state index contributed by atoms with van der Waals surface area (Å²) in [5, 5.41) is 3.21. The fraction of sp³-hybridized carbons (Fsp3) is 0.500. The lowest BCUT2D eigenvalue weighted by Crippen LogP contribution is -2.32. The van der Waals surface area contributed by atoms with E-state index in [0.29, 0.717) is 35.4 Å². The smallest absolute Gasteiger partial charge is 0.262 e. The molecule has 0 saturated carbocycles. The molecule has 0 bridgehead atoms. The van der Waals surface area contributed by atoms with E-state index < -0.39 is 0 Å². The Morgan fingerprint density at radius 3 is 3.00 bits per heavy atom. The van der Waals surface area contributed by atoms with Crippen LogP contribution >= 0.6 is 0 Å². The monoisotopic (exact) mass is 304 g/mol. The van der Waals surface area contributed by atoms with Gasteiger partial charge in [-0.15, -0.1) is 0 Å². The zero-order valence-electron chi connectivity index (χ0n) is 12.8. The topological polar surface area (TPSA) is 73.5 Å². The third-order valence-electron chi connectivity index (χ3n) is 4.07. The van der Waals surface area contributed by atoms with Crippen molar-refractivity contribution in [2.24, 2.45) is 0 Å². The lowest BCUT2D eigenvalue weighted by Gasteiger charge is -2.10. The lowest BCUT2D eigenvalue weighted by molar-refractivity contribution is 0.0857. The molecule has 6 heteroatoms. The van der Waals surface area contributed by atoms with Crippen molar-refractivity contribution in [2.75, 3.05) is 13.2 Å². The molecule has 3 heterocycles. The first-order chi connectivity index (χ1) is 10.6. The minimum atomic E-state index is -0.280. The molecule has 3 rings (SSSR count). The highest BCUT2D eigenvalue weighted by molar-refractivity contribution is 6.06. The van der Waals surface area contributed by atoms with Crippen molar-refractivity contribution >= 4 is 16.9 Å². The van der Waals surface area contributed by atoms with Crippen molar-refractivity contribution in [3.05, 3.63) is 33.9 Å². The van der Waals surface area contributed by atoms with Gasteiger partial charge in [-0.2, -0.15) is 0 Å².